The summed E-state index contributed by atoms with van der Waals surface area (Å²) in [6, 6.07) is 17.6. The fraction of sp³-hybridized carbons (Fsp3) is 0.0667. The van der Waals surface area contributed by atoms with E-state index in [1.807, 2.05) is 24.3 Å². The van der Waals surface area contributed by atoms with Crippen LogP contribution < -0.4 is 16.0 Å². The molecule has 0 bridgehead atoms. The summed E-state index contributed by atoms with van der Waals surface area (Å²) < 4.78 is 5.65. The number of benzene rings is 2. The largest absolute Gasteiger partial charge is 0.476 e. The fourth-order valence-corrected chi connectivity index (χ4v) is 1.72. The van der Waals surface area contributed by atoms with E-state index < -0.39 is 12.0 Å². The lowest BCUT2D eigenvalue weighted by molar-refractivity contribution is -0.128. The van der Waals surface area contributed by atoms with Crippen molar-refractivity contribution in [3.8, 4) is 11.8 Å². The smallest absolute Gasteiger partial charge is 0.279 e. The van der Waals surface area contributed by atoms with Crippen LogP contribution in [0.5, 0.6) is 5.75 Å². The van der Waals surface area contributed by atoms with Gasteiger partial charge in [-0.25, -0.2) is 5.84 Å². The second-order valence-corrected chi connectivity index (χ2v) is 4.05. The van der Waals surface area contributed by atoms with E-state index in [1.165, 1.54) is 0 Å². The van der Waals surface area contributed by atoms with Crippen LogP contribution in [0.4, 0.5) is 0 Å². The van der Waals surface area contributed by atoms with E-state index in [4.69, 9.17) is 15.8 Å². The zero-order valence-electron chi connectivity index (χ0n) is 10.6. The van der Waals surface area contributed by atoms with E-state index >= 15 is 0 Å². The van der Waals surface area contributed by atoms with E-state index in [9.17, 15) is 4.79 Å². The Balaban J connectivity index is 2.24. The zero-order valence-corrected chi connectivity index (χ0v) is 10.6. The van der Waals surface area contributed by atoms with Crippen molar-refractivity contribution < 1.29 is 9.53 Å². The van der Waals surface area contributed by atoms with Crippen LogP contribution in [0.25, 0.3) is 0 Å². The Morgan fingerprint density at radius 2 is 1.80 bits per heavy atom. The monoisotopic (exact) mass is 267 g/mol. The summed E-state index contributed by atoms with van der Waals surface area (Å²) in [5.41, 5.74) is 3.31. The van der Waals surface area contributed by atoms with Crippen molar-refractivity contribution >= 4 is 5.91 Å². The molecule has 0 radical (unpaired) electrons. The van der Waals surface area contributed by atoms with Gasteiger partial charge in [-0.05, 0) is 24.3 Å². The van der Waals surface area contributed by atoms with Gasteiger partial charge in [0.2, 0.25) is 6.10 Å². The molecule has 3 N–H and O–H groups in total. The van der Waals surface area contributed by atoms with Crippen LogP contribution in [0.1, 0.15) is 17.2 Å². The SMILES string of the molecule is N#Cc1ccc(OC(C(=O)NN)c2ccccc2)cc1. The van der Waals surface area contributed by atoms with Crippen molar-refractivity contribution in [2.75, 3.05) is 0 Å². The highest BCUT2D eigenvalue weighted by atomic mass is 16.5. The third kappa shape index (κ3) is 3.13. The Labute approximate surface area is 116 Å². The molecular weight excluding hydrogens is 254 g/mol. The normalized spacial score (nSPS) is 11.2. The minimum atomic E-state index is -0.839. The predicted molar refractivity (Wildman–Crippen MR) is 73.3 cm³/mol. The number of hydrazine groups is 1. The van der Waals surface area contributed by atoms with Gasteiger partial charge in [0.25, 0.3) is 5.91 Å². The van der Waals surface area contributed by atoms with Gasteiger partial charge < -0.3 is 4.74 Å². The molecule has 0 aliphatic heterocycles. The van der Waals surface area contributed by atoms with Crippen LogP contribution in [-0.4, -0.2) is 5.91 Å². The molecule has 100 valence electrons. The summed E-state index contributed by atoms with van der Waals surface area (Å²) in [5, 5.41) is 8.74. The van der Waals surface area contributed by atoms with Crippen molar-refractivity contribution in [3.63, 3.8) is 0 Å². The lowest BCUT2D eigenvalue weighted by Gasteiger charge is -2.17. The molecule has 0 saturated carbocycles. The van der Waals surface area contributed by atoms with Gasteiger partial charge in [-0.2, -0.15) is 5.26 Å². The molecular formula is C15H13N3O2. The van der Waals surface area contributed by atoms with Crippen molar-refractivity contribution in [2.24, 2.45) is 5.84 Å². The predicted octanol–water partition coefficient (Wildman–Crippen LogP) is 1.67. The Morgan fingerprint density at radius 1 is 1.15 bits per heavy atom. The Kier molecular flexibility index (Phi) is 4.32. The number of hydrogen-bond acceptors (Lipinski definition) is 4. The highest BCUT2D eigenvalue weighted by Gasteiger charge is 2.21. The van der Waals surface area contributed by atoms with Gasteiger partial charge in [0.15, 0.2) is 0 Å². The number of carbonyl (C=O) groups is 1. The highest BCUT2D eigenvalue weighted by molar-refractivity contribution is 5.82. The van der Waals surface area contributed by atoms with Gasteiger partial charge >= 0.3 is 0 Å². The minimum absolute atomic E-state index is 0.444. The molecule has 2 rings (SSSR count). The summed E-state index contributed by atoms with van der Waals surface area (Å²) >= 11 is 0. The maximum Gasteiger partial charge on any atom is 0.279 e. The first-order valence-electron chi connectivity index (χ1n) is 5.97. The Bertz CT molecular complexity index is 618. The number of amides is 1. The lowest BCUT2D eigenvalue weighted by atomic mass is 10.1. The zero-order chi connectivity index (χ0) is 14.4. The second kappa shape index (κ2) is 6.36. The van der Waals surface area contributed by atoms with Crippen molar-refractivity contribution in [3.05, 3.63) is 65.7 Å². The molecule has 0 heterocycles. The molecule has 1 unspecified atom stereocenters. The molecule has 0 spiro atoms. The van der Waals surface area contributed by atoms with Crippen molar-refractivity contribution in [1.82, 2.24) is 5.43 Å². The molecule has 5 heteroatoms. The third-order valence-electron chi connectivity index (χ3n) is 2.72. The van der Waals surface area contributed by atoms with E-state index in [2.05, 4.69) is 5.43 Å². The molecule has 20 heavy (non-hydrogen) atoms. The number of rotatable bonds is 4. The maximum atomic E-state index is 11.8. The number of hydrogen-bond donors (Lipinski definition) is 2. The first-order valence-corrected chi connectivity index (χ1v) is 5.97. The molecule has 0 saturated heterocycles. The topological polar surface area (TPSA) is 88.1 Å². The quantitative estimate of drug-likeness (QED) is 0.501. The number of carbonyl (C=O) groups excluding carboxylic acids is 1. The number of nitriles is 1. The Morgan fingerprint density at radius 3 is 2.35 bits per heavy atom. The molecule has 0 aromatic heterocycles. The summed E-state index contributed by atoms with van der Waals surface area (Å²) in [5.74, 6) is 5.23. The third-order valence-corrected chi connectivity index (χ3v) is 2.72. The summed E-state index contributed by atoms with van der Waals surface area (Å²) in [7, 11) is 0. The number of ether oxygens (including phenoxy) is 1. The fourth-order valence-electron chi connectivity index (χ4n) is 1.72. The standard InChI is InChI=1S/C15H13N3O2/c16-10-11-6-8-13(9-7-11)20-14(15(19)18-17)12-4-2-1-3-5-12/h1-9,14H,17H2,(H,18,19). The van der Waals surface area contributed by atoms with Gasteiger partial charge in [0.1, 0.15) is 5.75 Å². The number of nitrogens with two attached hydrogens (primary N) is 1. The maximum absolute atomic E-state index is 11.8. The van der Waals surface area contributed by atoms with Crippen LogP contribution in [0.15, 0.2) is 54.6 Å². The second-order valence-electron chi connectivity index (χ2n) is 4.05. The first-order chi connectivity index (χ1) is 9.74. The van der Waals surface area contributed by atoms with E-state index in [0.717, 1.165) is 0 Å². The van der Waals surface area contributed by atoms with Crippen LogP contribution in [0, 0.1) is 11.3 Å². The molecule has 1 amide bonds. The van der Waals surface area contributed by atoms with Gasteiger partial charge in [0, 0.05) is 5.56 Å². The van der Waals surface area contributed by atoms with Crippen LogP contribution >= 0.6 is 0 Å². The van der Waals surface area contributed by atoms with Gasteiger partial charge in [-0.1, -0.05) is 30.3 Å². The van der Waals surface area contributed by atoms with E-state index in [0.29, 0.717) is 16.9 Å². The summed E-state index contributed by atoms with van der Waals surface area (Å²) in [4.78, 5) is 11.8. The van der Waals surface area contributed by atoms with Crippen molar-refractivity contribution in [1.29, 1.82) is 5.26 Å². The average molecular weight is 267 g/mol. The van der Waals surface area contributed by atoms with Crippen LogP contribution in [0.3, 0.4) is 0 Å². The van der Waals surface area contributed by atoms with E-state index in [1.54, 1.807) is 36.4 Å². The van der Waals surface area contributed by atoms with Crippen LogP contribution in [0.2, 0.25) is 0 Å². The minimum Gasteiger partial charge on any atom is -0.476 e. The lowest BCUT2D eigenvalue weighted by Crippen LogP contribution is -2.37. The van der Waals surface area contributed by atoms with Gasteiger partial charge in [0.05, 0.1) is 11.6 Å². The number of nitrogens with one attached hydrogen (secondary N) is 1. The number of nitrogens with zero attached hydrogens (tertiary/aromatic N) is 1. The molecule has 2 aromatic rings. The molecule has 1 atom stereocenters. The Hall–Kier alpha value is -2.84. The first kappa shape index (κ1) is 13.6. The average Bonchev–Trinajstić information content (AvgIpc) is 2.53. The molecule has 0 aliphatic rings. The molecule has 0 aliphatic carbocycles. The van der Waals surface area contributed by atoms with Gasteiger partial charge in [-0.3, -0.25) is 10.2 Å². The molecule has 2 aromatic carbocycles. The molecule has 5 nitrogen and oxygen atoms in total. The summed E-state index contributed by atoms with van der Waals surface area (Å²) in [6.45, 7) is 0. The summed E-state index contributed by atoms with van der Waals surface area (Å²) in [6.07, 6.45) is -0.839. The molecule has 0 fully saturated rings. The van der Waals surface area contributed by atoms with E-state index in [-0.39, 0.29) is 0 Å². The van der Waals surface area contributed by atoms with Gasteiger partial charge in [-0.15, -0.1) is 0 Å². The highest BCUT2D eigenvalue weighted by Crippen LogP contribution is 2.22. The van der Waals surface area contributed by atoms with Crippen molar-refractivity contribution in [2.45, 2.75) is 6.10 Å². The van der Waals surface area contributed by atoms with Crippen LogP contribution in [-0.2, 0) is 4.79 Å².